The van der Waals surface area contributed by atoms with Crippen LogP contribution >= 0.6 is 22.7 Å². The number of ether oxygens (including phenoxy) is 1. The number of carbonyl (C=O) groups is 1. The third kappa shape index (κ3) is 5.22. The number of hydrogen-bond acceptors (Lipinski definition) is 7. The van der Waals surface area contributed by atoms with Gasteiger partial charge in [-0.3, -0.25) is 0 Å². The molecule has 5 rings (SSSR count). The summed E-state index contributed by atoms with van der Waals surface area (Å²) in [5.41, 5.74) is 3.74. The van der Waals surface area contributed by atoms with Gasteiger partial charge in [-0.2, -0.15) is 0 Å². The van der Waals surface area contributed by atoms with Crippen molar-refractivity contribution in [2.45, 2.75) is 13.0 Å². The largest absolute Gasteiger partial charge is 0.497 e. The summed E-state index contributed by atoms with van der Waals surface area (Å²) < 4.78 is 20.2. The highest BCUT2D eigenvalue weighted by Gasteiger charge is 2.16. The number of rotatable bonds is 9. The number of hydrogen-bond donors (Lipinski definition) is 1. The van der Waals surface area contributed by atoms with E-state index in [0.29, 0.717) is 28.3 Å². The van der Waals surface area contributed by atoms with Gasteiger partial charge in [-0.25, -0.2) is 19.2 Å². The summed E-state index contributed by atoms with van der Waals surface area (Å²) in [5.74, 6) is -0.428. The zero-order valence-electron chi connectivity index (χ0n) is 19.3. The molecule has 0 atom stereocenters. The van der Waals surface area contributed by atoms with Gasteiger partial charge in [0.15, 0.2) is 5.13 Å². The van der Waals surface area contributed by atoms with Crippen molar-refractivity contribution in [3.8, 4) is 16.3 Å². The van der Waals surface area contributed by atoms with E-state index < -0.39 is 5.97 Å². The molecule has 0 aliphatic rings. The molecule has 182 valence electrons. The Labute approximate surface area is 215 Å². The van der Waals surface area contributed by atoms with Gasteiger partial charge < -0.3 is 14.7 Å². The monoisotopic (exact) mass is 519 g/mol. The Bertz CT molecular complexity index is 1500. The highest BCUT2D eigenvalue weighted by atomic mass is 32.1. The van der Waals surface area contributed by atoms with Crippen LogP contribution in [-0.4, -0.2) is 34.7 Å². The Kier molecular flexibility index (Phi) is 6.92. The minimum atomic E-state index is -0.977. The number of carboxylic acids is 1. The van der Waals surface area contributed by atoms with Gasteiger partial charge in [-0.15, -0.1) is 11.3 Å². The highest BCUT2D eigenvalue weighted by Crippen LogP contribution is 2.32. The molecule has 5 aromatic rings. The van der Waals surface area contributed by atoms with Crippen molar-refractivity contribution in [1.82, 2.24) is 9.97 Å². The lowest BCUT2D eigenvalue weighted by molar-refractivity contribution is 0.0702. The molecule has 2 heterocycles. The first-order valence-corrected chi connectivity index (χ1v) is 12.8. The van der Waals surface area contributed by atoms with Crippen molar-refractivity contribution >= 4 is 44.0 Å². The maximum absolute atomic E-state index is 14.4. The second-order valence-electron chi connectivity index (χ2n) is 8.14. The predicted molar refractivity (Wildman–Crippen MR) is 142 cm³/mol. The van der Waals surface area contributed by atoms with E-state index in [9.17, 15) is 9.18 Å². The van der Waals surface area contributed by atoms with Gasteiger partial charge in [0.1, 0.15) is 21.5 Å². The van der Waals surface area contributed by atoms with Crippen LogP contribution in [0.3, 0.4) is 0 Å². The van der Waals surface area contributed by atoms with E-state index in [-0.39, 0.29) is 10.7 Å². The second kappa shape index (κ2) is 10.4. The third-order valence-corrected chi connectivity index (χ3v) is 7.92. The van der Waals surface area contributed by atoms with Gasteiger partial charge in [0.05, 0.1) is 23.5 Å². The highest BCUT2D eigenvalue weighted by molar-refractivity contribution is 7.22. The summed E-state index contributed by atoms with van der Waals surface area (Å²) in [4.78, 5) is 22.5. The average molecular weight is 520 g/mol. The van der Waals surface area contributed by atoms with E-state index in [1.807, 2.05) is 54.6 Å². The molecule has 0 spiro atoms. The molecule has 1 N–H and O–H groups in total. The maximum atomic E-state index is 14.4. The fourth-order valence-corrected chi connectivity index (χ4v) is 5.57. The van der Waals surface area contributed by atoms with Crippen molar-refractivity contribution < 1.29 is 19.0 Å². The standard InChI is InChI=1S/C27H22FN3O3S2/c1-34-20-11-7-17(8-12-20)13-14-31(27-30-22-4-2-3-21(28)24(22)36-27)16-18-5-9-19(10-6-18)25-29-15-23(35-25)26(32)33/h2-12,15H,13-14,16H2,1H3,(H,32,33). The summed E-state index contributed by atoms with van der Waals surface area (Å²) in [5, 5.41) is 10.6. The van der Waals surface area contributed by atoms with Crippen LogP contribution < -0.4 is 9.64 Å². The molecule has 0 bridgehead atoms. The smallest absolute Gasteiger partial charge is 0.347 e. The molecule has 0 aliphatic carbocycles. The summed E-state index contributed by atoms with van der Waals surface area (Å²) in [6.45, 7) is 1.29. The van der Waals surface area contributed by atoms with Crippen LogP contribution in [0.25, 0.3) is 20.8 Å². The predicted octanol–water partition coefficient (Wildman–Crippen LogP) is 6.52. The number of aromatic nitrogens is 2. The van der Waals surface area contributed by atoms with Crippen molar-refractivity contribution in [2.24, 2.45) is 0 Å². The fraction of sp³-hybridized carbons (Fsp3) is 0.148. The van der Waals surface area contributed by atoms with Gasteiger partial charge in [0, 0.05) is 18.7 Å². The molecular weight excluding hydrogens is 497 g/mol. The van der Waals surface area contributed by atoms with E-state index in [0.717, 1.165) is 39.8 Å². The maximum Gasteiger partial charge on any atom is 0.347 e. The van der Waals surface area contributed by atoms with Crippen molar-refractivity contribution in [2.75, 3.05) is 18.6 Å². The molecule has 0 amide bonds. The molecule has 0 saturated carbocycles. The Hall–Kier alpha value is -3.82. The average Bonchev–Trinajstić information content (AvgIpc) is 3.56. The van der Waals surface area contributed by atoms with Gasteiger partial charge in [0.2, 0.25) is 0 Å². The minimum absolute atomic E-state index is 0.210. The molecule has 6 nitrogen and oxygen atoms in total. The fourth-order valence-electron chi connectivity index (χ4n) is 3.82. The van der Waals surface area contributed by atoms with Crippen LogP contribution in [-0.2, 0) is 13.0 Å². The Balaban J connectivity index is 1.39. The van der Waals surface area contributed by atoms with Crippen LogP contribution in [0, 0.1) is 5.82 Å². The van der Waals surface area contributed by atoms with E-state index in [1.54, 1.807) is 13.2 Å². The summed E-state index contributed by atoms with van der Waals surface area (Å²) in [7, 11) is 1.65. The quantitative estimate of drug-likeness (QED) is 0.239. The summed E-state index contributed by atoms with van der Waals surface area (Å²) in [6.07, 6.45) is 2.17. The van der Waals surface area contributed by atoms with E-state index in [4.69, 9.17) is 14.8 Å². The van der Waals surface area contributed by atoms with E-state index in [1.165, 1.54) is 29.2 Å². The Morgan fingerprint density at radius 3 is 2.44 bits per heavy atom. The second-order valence-corrected chi connectivity index (χ2v) is 10.1. The number of halogens is 1. The van der Waals surface area contributed by atoms with Crippen molar-refractivity contribution in [3.05, 3.63) is 94.7 Å². The summed E-state index contributed by atoms with van der Waals surface area (Å²) in [6, 6.07) is 20.8. The Morgan fingerprint density at radius 2 is 1.78 bits per heavy atom. The topological polar surface area (TPSA) is 75.5 Å². The lowest BCUT2D eigenvalue weighted by atomic mass is 10.1. The zero-order chi connectivity index (χ0) is 25.1. The van der Waals surface area contributed by atoms with Crippen LogP contribution in [0.1, 0.15) is 20.8 Å². The number of thiazole rings is 2. The van der Waals surface area contributed by atoms with Crippen LogP contribution in [0.5, 0.6) is 5.75 Å². The van der Waals surface area contributed by atoms with Crippen LogP contribution in [0.4, 0.5) is 9.52 Å². The first-order chi connectivity index (χ1) is 17.5. The molecule has 9 heteroatoms. The number of methoxy groups -OCH3 is 1. The van der Waals surface area contributed by atoms with Crippen LogP contribution in [0.2, 0.25) is 0 Å². The first-order valence-electron chi connectivity index (χ1n) is 11.2. The normalized spacial score (nSPS) is 11.1. The van der Waals surface area contributed by atoms with Crippen molar-refractivity contribution in [1.29, 1.82) is 0 Å². The Morgan fingerprint density at radius 1 is 1.03 bits per heavy atom. The zero-order valence-corrected chi connectivity index (χ0v) is 21.0. The number of nitrogens with zero attached hydrogens (tertiary/aromatic N) is 3. The van der Waals surface area contributed by atoms with Crippen molar-refractivity contribution in [3.63, 3.8) is 0 Å². The number of anilines is 1. The van der Waals surface area contributed by atoms with Gasteiger partial charge >= 0.3 is 5.97 Å². The third-order valence-electron chi connectivity index (χ3n) is 5.75. The lowest BCUT2D eigenvalue weighted by Crippen LogP contribution is -2.25. The number of carboxylic acid groups (broad SMARTS) is 1. The molecule has 0 unspecified atom stereocenters. The van der Waals surface area contributed by atoms with E-state index in [2.05, 4.69) is 9.88 Å². The first kappa shape index (κ1) is 23.9. The molecular formula is C27H22FN3O3S2. The van der Waals surface area contributed by atoms with E-state index >= 15 is 0 Å². The molecule has 0 fully saturated rings. The molecule has 0 aliphatic heterocycles. The molecule has 0 saturated heterocycles. The number of aromatic carboxylic acids is 1. The minimum Gasteiger partial charge on any atom is -0.497 e. The summed E-state index contributed by atoms with van der Waals surface area (Å²) >= 11 is 2.50. The number of benzene rings is 3. The number of fused-ring (bicyclic) bond motifs is 1. The van der Waals surface area contributed by atoms with Crippen LogP contribution in [0.15, 0.2) is 72.9 Å². The lowest BCUT2D eigenvalue weighted by Gasteiger charge is -2.22. The van der Waals surface area contributed by atoms with Gasteiger partial charge in [-0.05, 0) is 41.8 Å². The SMILES string of the molecule is COc1ccc(CCN(Cc2ccc(-c3ncc(C(=O)O)s3)cc2)c2nc3cccc(F)c3s2)cc1. The molecule has 2 aromatic heterocycles. The molecule has 0 radical (unpaired) electrons. The molecule has 36 heavy (non-hydrogen) atoms. The molecule has 3 aromatic carbocycles. The van der Waals surface area contributed by atoms with Gasteiger partial charge in [-0.1, -0.05) is 53.8 Å². The van der Waals surface area contributed by atoms with Gasteiger partial charge in [0.25, 0.3) is 0 Å².